The number of nitrogens with one attached hydrogen (secondary N) is 1. The molecule has 0 aliphatic carbocycles. The zero-order chi connectivity index (χ0) is 5.82. The zero-order valence-corrected chi connectivity index (χ0v) is 4.67. The molecule has 0 amide bonds. The molecule has 3 heteroatoms. The van der Waals surface area contributed by atoms with Gasteiger partial charge in [-0.1, -0.05) is 6.08 Å². The number of hydrogen-bond donors (Lipinski definition) is 2. The van der Waals surface area contributed by atoms with Gasteiger partial charge in [0.2, 0.25) is 0 Å². The first-order chi connectivity index (χ1) is 3.93. The highest BCUT2D eigenvalue weighted by molar-refractivity contribution is 4.86. The summed E-state index contributed by atoms with van der Waals surface area (Å²) < 4.78 is 0. The minimum Gasteiger partial charge on any atom is -0.381 e. The molecule has 0 radical (unpaired) electrons. The summed E-state index contributed by atoms with van der Waals surface area (Å²) in [6.07, 6.45) is 3.87. The van der Waals surface area contributed by atoms with E-state index >= 15 is 0 Å². The maximum atomic E-state index is 8.54. The lowest BCUT2D eigenvalue weighted by Gasteiger charge is -2.20. The Hall–Kier alpha value is -0.540. The van der Waals surface area contributed by atoms with Crippen LogP contribution < -0.4 is 5.32 Å². The predicted molar refractivity (Wildman–Crippen MR) is 30.9 cm³/mol. The Morgan fingerprint density at radius 2 is 2.62 bits per heavy atom. The number of hydrogen-bond acceptors (Lipinski definition) is 3. The molecule has 0 fully saturated rings. The second kappa shape index (κ2) is 2.69. The van der Waals surface area contributed by atoms with Crippen LogP contribution in [0.1, 0.15) is 0 Å². The van der Waals surface area contributed by atoms with Gasteiger partial charge in [0.15, 0.2) is 0 Å². The molecule has 46 valence electrons. The van der Waals surface area contributed by atoms with Crippen molar-refractivity contribution in [1.82, 2.24) is 10.2 Å². The first-order valence-electron chi connectivity index (χ1n) is 2.65. The van der Waals surface area contributed by atoms with Crippen LogP contribution >= 0.6 is 0 Å². The van der Waals surface area contributed by atoms with Crippen LogP contribution in [0.5, 0.6) is 0 Å². The molecule has 1 aliphatic heterocycles. The van der Waals surface area contributed by atoms with Gasteiger partial charge in [-0.2, -0.15) is 0 Å². The molecule has 3 nitrogen and oxygen atoms in total. The molecular formula is C5H10N2O. The molecule has 0 saturated heterocycles. The van der Waals surface area contributed by atoms with E-state index in [1.165, 1.54) is 0 Å². The quantitative estimate of drug-likeness (QED) is 0.474. The molecule has 0 aromatic carbocycles. The van der Waals surface area contributed by atoms with Crippen LogP contribution in [0.2, 0.25) is 0 Å². The fourth-order valence-electron chi connectivity index (χ4n) is 0.639. The largest absolute Gasteiger partial charge is 0.381 e. The summed E-state index contributed by atoms with van der Waals surface area (Å²) in [6, 6.07) is 0. The van der Waals surface area contributed by atoms with E-state index in [1.54, 1.807) is 0 Å². The van der Waals surface area contributed by atoms with Crippen molar-refractivity contribution < 1.29 is 5.11 Å². The van der Waals surface area contributed by atoms with Crippen LogP contribution in [0.3, 0.4) is 0 Å². The van der Waals surface area contributed by atoms with Gasteiger partial charge in [-0.3, -0.25) is 4.90 Å². The summed E-state index contributed by atoms with van der Waals surface area (Å²) in [4.78, 5) is 1.88. The predicted octanol–water partition coefficient (Wildman–Crippen LogP) is -0.687. The van der Waals surface area contributed by atoms with Gasteiger partial charge in [0.25, 0.3) is 0 Å². The molecule has 0 bridgehead atoms. The molecule has 0 aromatic heterocycles. The average Bonchev–Trinajstić information content (AvgIpc) is 1.90. The van der Waals surface area contributed by atoms with Gasteiger partial charge in [-0.15, -0.1) is 0 Å². The third-order valence-corrected chi connectivity index (χ3v) is 1.11. The summed E-state index contributed by atoms with van der Waals surface area (Å²) in [7, 11) is 0. The lowest BCUT2D eigenvalue weighted by molar-refractivity contribution is 0.110. The maximum absolute atomic E-state index is 8.54. The minimum atomic E-state index is 0.136. The normalized spacial score (nSPS) is 20.6. The summed E-state index contributed by atoms with van der Waals surface area (Å²) >= 11 is 0. The third-order valence-electron chi connectivity index (χ3n) is 1.11. The van der Waals surface area contributed by atoms with Gasteiger partial charge in [0.1, 0.15) is 0 Å². The van der Waals surface area contributed by atoms with Crippen molar-refractivity contribution in [2.75, 3.05) is 19.9 Å². The molecule has 0 aromatic rings. The standard InChI is InChI=1S/C5H10N2O/c8-5-7-3-1-2-6-4-7/h1-2,6,8H,3-5H2. The van der Waals surface area contributed by atoms with Gasteiger partial charge in [-0.25, -0.2) is 0 Å². The lowest BCUT2D eigenvalue weighted by atomic mass is 10.5. The second-order valence-electron chi connectivity index (χ2n) is 1.76. The Morgan fingerprint density at radius 3 is 3.00 bits per heavy atom. The Kier molecular flexibility index (Phi) is 1.88. The molecule has 0 atom stereocenters. The maximum Gasteiger partial charge on any atom is 0.0973 e. The van der Waals surface area contributed by atoms with Crippen molar-refractivity contribution in [2.45, 2.75) is 0 Å². The SMILES string of the molecule is OCN1CC=CNC1. The van der Waals surface area contributed by atoms with Crippen molar-refractivity contribution >= 4 is 0 Å². The molecule has 0 spiro atoms. The van der Waals surface area contributed by atoms with Gasteiger partial charge >= 0.3 is 0 Å². The van der Waals surface area contributed by atoms with Crippen LogP contribution in [0, 0.1) is 0 Å². The monoisotopic (exact) mass is 114 g/mol. The highest BCUT2D eigenvalue weighted by Gasteiger charge is 2.00. The van der Waals surface area contributed by atoms with E-state index in [0.717, 1.165) is 13.2 Å². The summed E-state index contributed by atoms with van der Waals surface area (Å²) in [5, 5.41) is 11.5. The van der Waals surface area contributed by atoms with Crippen LogP contribution in [-0.2, 0) is 0 Å². The van der Waals surface area contributed by atoms with Crippen molar-refractivity contribution in [2.24, 2.45) is 0 Å². The van der Waals surface area contributed by atoms with Crippen LogP contribution in [0.25, 0.3) is 0 Å². The Labute approximate surface area is 48.6 Å². The van der Waals surface area contributed by atoms with Crippen LogP contribution in [-0.4, -0.2) is 30.0 Å². The zero-order valence-electron chi connectivity index (χ0n) is 4.67. The number of rotatable bonds is 1. The molecule has 1 rings (SSSR count). The molecular weight excluding hydrogens is 104 g/mol. The van der Waals surface area contributed by atoms with Gasteiger partial charge in [0, 0.05) is 6.54 Å². The molecule has 0 saturated carbocycles. The average molecular weight is 114 g/mol. The topological polar surface area (TPSA) is 35.5 Å². The van der Waals surface area contributed by atoms with Crippen LogP contribution in [0.15, 0.2) is 12.3 Å². The fraction of sp³-hybridized carbons (Fsp3) is 0.600. The summed E-state index contributed by atoms with van der Waals surface area (Å²) in [6.45, 7) is 1.74. The minimum absolute atomic E-state index is 0.136. The molecule has 1 aliphatic rings. The van der Waals surface area contributed by atoms with Crippen molar-refractivity contribution in [1.29, 1.82) is 0 Å². The first-order valence-corrected chi connectivity index (χ1v) is 2.65. The van der Waals surface area contributed by atoms with Gasteiger partial charge in [0.05, 0.1) is 13.4 Å². The highest BCUT2D eigenvalue weighted by atomic mass is 16.3. The fourth-order valence-corrected chi connectivity index (χ4v) is 0.639. The van der Waals surface area contributed by atoms with E-state index in [9.17, 15) is 0 Å². The van der Waals surface area contributed by atoms with Crippen LogP contribution in [0.4, 0.5) is 0 Å². The molecule has 0 unspecified atom stereocenters. The van der Waals surface area contributed by atoms with Crippen molar-refractivity contribution in [3.63, 3.8) is 0 Å². The Balaban J connectivity index is 2.27. The van der Waals surface area contributed by atoms with Gasteiger partial charge < -0.3 is 10.4 Å². The summed E-state index contributed by atoms with van der Waals surface area (Å²) in [5.41, 5.74) is 0. The van der Waals surface area contributed by atoms with E-state index < -0.39 is 0 Å². The Morgan fingerprint density at radius 1 is 1.75 bits per heavy atom. The van der Waals surface area contributed by atoms with Crippen molar-refractivity contribution in [3.8, 4) is 0 Å². The van der Waals surface area contributed by atoms with E-state index in [2.05, 4.69) is 5.32 Å². The Bertz CT molecular complexity index is 92.4. The first kappa shape index (κ1) is 5.59. The van der Waals surface area contributed by atoms with Crippen molar-refractivity contribution in [3.05, 3.63) is 12.3 Å². The highest BCUT2D eigenvalue weighted by Crippen LogP contribution is 1.88. The lowest BCUT2D eigenvalue weighted by Crippen LogP contribution is -2.35. The summed E-state index contributed by atoms with van der Waals surface area (Å²) in [5.74, 6) is 0. The van der Waals surface area contributed by atoms with E-state index in [-0.39, 0.29) is 6.73 Å². The molecule has 8 heavy (non-hydrogen) atoms. The third kappa shape index (κ3) is 1.21. The molecule has 2 N–H and O–H groups in total. The van der Waals surface area contributed by atoms with Gasteiger partial charge in [-0.05, 0) is 6.20 Å². The number of aliphatic hydroxyl groups excluding tert-OH is 1. The number of aliphatic hydroxyl groups is 1. The molecule has 1 heterocycles. The second-order valence-corrected chi connectivity index (χ2v) is 1.76. The number of nitrogens with zero attached hydrogens (tertiary/aromatic N) is 1. The smallest absolute Gasteiger partial charge is 0.0973 e. The van der Waals surface area contributed by atoms with E-state index in [1.807, 2.05) is 17.2 Å². The van der Waals surface area contributed by atoms with E-state index in [4.69, 9.17) is 5.11 Å². The van der Waals surface area contributed by atoms with E-state index in [0.29, 0.717) is 0 Å².